The summed E-state index contributed by atoms with van der Waals surface area (Å²) in [6.07, 6.45) is 1.22. The molecule has 1 aromatic carbocycles. The summed E-state index contributed by atoms with van der Waals surface area (Å²) in [7, 11) is 2.97. The van der Waals surface area contributed by atoms with Crippen molar-refractivity contribution in [2.75, 3.05) is 14.2 Å². The van der Waals surface area contributed by atoms with Gasteiger partial charge in [0.2, 0.25) is 0 Å². The van der Waals surface area contributed by atoms with Crippen molar-refractivity contribution in [1.29, 1.82) is 0 Å². The number of benzene rings is 1. The monoisotopic (exact) mass is 226 g/mol. The molecule has 0 aliphatic carbocycles. The first-order valence-electron chi connectivity index (χ1n) is 4.22. The maximum absolute atomic E-state index is 11.4. The average molecular weight is 227 g/mol. The zero-order valence-corrected chi connectivity index (χ0v) is 9.30. The van der Waals surface area contributed by atoms with Gasteiger partial charge in [-0.15, -0.1) is 0 Å². The maximum Gasteiger partial charge on any atom is 0.185 e. The Morgan fingerprint density at radius 1 is 1.40 bits per heavy atom. The zero-order chi connectivity index (χ0) is 11.4. The van der Waals surface area contributed by atoms with Gasteiger partial charge in [0, 0.05) is 5.56 Å². The van der Waals surface area contributed by atoms with Crippen LogP contribution in [0.2, 0.25) is 5.02 Å². The molecule has 0 radical (unpaired) electrons. The summed E-state index contributed by atoms with van der Waals surface area (Å²) < 4.78 is 10.1. The van der Waals surface area contributed by atoms with Gasteiger partial charge < -0.3 is 9.47 Å². The number of ketones is 1. The summed E-state index contributed by atoms with van der Waals surface area (Å²) in [6, 6.07) is 3.08. The average Bonchev–Trinajstić information content (AvgIpc) is 2.26. The molecule has 0 aromatic heterocycles. The molecule has 0 spiro atoms. The van der Waals surface area contributed by atoms with Crippen molar-refractivity contribution in [1.82, 2.24) is 0 Å². The minimum atomic E-state index is -0.210. The van der Waals surface area contributed by atoms with Crippen molar-refractivity contribution in [3.63, 3.8) is 0 Å². The predicted octanol–water partition coefficient (Wildman–Crippen LogP) is 2.73. The zero-order valence-electron chi connectivity index (χ0n) is 8.54. The van der Waals surface area contributed by atoms with Crippen LogP contribution in [-0.2, 0) is 0 Å². The molecule has 0 aliphatic rings. The van der Waals surface area contributed by atoms with E-state index < -0.39 is 0 Å². The number of carbonyl (C=O) groups is 1. The topological polar surface area (TPSA) is 35.5 Å². The van der Waals surface area contributed by atoms with E-state index in [0.29, 0.717) is 22.1 Å². The Morgan fingerprint density at radius 2 is 2.07 bits per heavy atom. The predicted molar refractivity (Wildman–Crippen MR) is 59.1 cm³/mol. The number of carbonyl (C=O) groups excluding carboxylic acids is 1. The standard InChI is InChI=1S/C11H11ClO3/c1-4-9(13)7-5-8(12)11(15-3)10(6-7)14-2/h4-6H,1H2,2-3H3. The third-order valence-electron chi connectivity index (χ3n) is 1.90. The van der Waals surface area contributed by atoms with E-state index in [0.717, 1.165) is 0 Å². The summed E-state index contributed by atoms with van der Waals surface area (Å²) in [5, 5.41) is 0.335. The quantitative estimate of drug-likeness (QED) is 0.585. The van der Waals surface area contributed by atoms with Crippen molar-refractivity contribution in [2.45, 2.75) is 0 Å². The van der Waals surface area contributed by atoms with Crippen LogP contribution in [0.1, 0.15) is 10.4 Å². The molecule has 1 aromatic rings. The lowest BCUT2D eigenvalue weighted by atomic mass is 10.1. The molecule has 1 rings (SSSR count). The third-order valence-corrected chi connectivity index (χ3v) is 2.18. The molecule has 0 fully saturated rings. The van der Waals surface area contributed by atoms with Crippen molar-refractivity contribution < 1.29 is 14.3 Å². The summed E-state index contributed by atoms with van der Waals surface area (Å²) in [5.74, 6) is 0.632. The van der Waals surface area contributed by atoms with E-state index >= 15 is 0 Å². The Bertz CT molecular complexity index is 399. The number of hydrogen-bond acceptors (Lipinski definition) is 3. The number of allylic oxidation sites excluding steroid dienone is 1. The Hall–Kier alpha value is -1.48. The molecule has 0 saturated heterocycles. The minimum Gasteiger partial charge on any atom is -0.493 e. The third kappa shape index (κ3) is 2.30. The first kappa shape index (κ1) is 11.6. The molecule has 15 heavy (non-hydrogen) atoms. The van der Waals surface area contributed by atoms with E-state index in [2.05, 4.69) is 6.58 Å². The van der Waals surface area contributed by atoms with Gasteiger partial charge in [-0.25, -0.2) is 0 Å². The molecule has 80 valence electrons. The number of hydrogen-bond donors (Lipinski definition) is 0. The Morgan fingerprint density at radius 3 is 2.53 bits per heavy atom. The van der Waals surface area contributed by atoms with Gasteiger partial charge in [-0.2, -0.15) is 0 Å². The smallest absolute Gasteiger partial charge is 0.185 e. The molecule has 0 aliphatic heterocycles. The van der Waals surface area contributed by atoms with Gasteiger partial charge >= 0.3 is 0 Å². The molecule has 0 N–H and O–H groups in total. The van der Waals surface area contributed by atoms with Crippen LogP contribution in [0.5, 0.6) is 11.5 Å². The Labute approximate surface area is 93.3 Å². The van der Waals surface area contributed by atoms with Crippen molar-refractivity contribution in [3.05, 3.63) is 35.4 Å². The largest absolute Gasteiger partial charge is 0.493 e. The molecule has 0 unspecified atom stereocenters. The number of rotatable bonds is 4. The van der Waals surface area contributed by atoms with E-state index in [4.69, 9.17) is 21.1 Å². The maximum atomic E-state index is 11.4. The number of halogens is 1. The summed E-state index contributed by atoms with van der Waals surface area (Å²) in [5.41, 5.74) is 0.424. The fourth-order valence-electron chi connectivity index (χ4n) is 1.18. The highest BCUT2D eigenvalue weighted by molar-refractivity contribution is 6.32. The fourth-order valence-corrected chi connectivity index (χ4v) is 1.47. The van der Waals surface area contributed by atoms with Gasteiger partial charge in [0.05, 0.1) is 19.2 Å². The molecular weight excluding hydrogens is 216 g/mol. The second-order valence-electron chi connectivity index (χ2n) is 2.76. The van der Waals surface area contributed by atoms with E-state index in [9.17, 15) is 4.79 Å². The van der Waals surface area contributed by atoms with Crippen LogP contribution in [0, 0.1) is 0 Å². The van der Waals surface area contributed by atoms with Crippen molar-refractivity contribution in [3.8, 4) is 11.5 Å². The molecule has 0 heterocycles. The van der Waals surface area contributed by atoms with Crippen molar-refractivity contribution in [2.24, 2.45) is 0 Å². The Balaban J connectivity index is 3.31. The minimum absolute atomic E-state index is 0.210. The van der Waals surface area contributed by atoms with Gasteiger partial charge in [0.15, 0.2) is 17.3 Å². The first-order valence-corrected chi connectivity index (χ1v) is 4.60. The molecule has 4 heteroatoms. The summed E-state index contributed by atoms with van der Waals surface area (Å²) in [6.45, 7) is 3.40. The van der Waals surface area contributed by atoms with Gasteiger partial charge in [0.1, 0.15) is 0 Å². The number of ether oxygens (including phenoxy) is 2. The van der Waals surface area contributed by atoms with Gasteiger partial charge in [-0.3, -0.25) is 4.79 Å². The van der Waals surface area contributed by atoms with E-state index in [-0.39, 0.29) is 5.78 Å². The second kappa shape index (κ2) is 4.84. The number of methoxy groups -OCH3 is 2. The highest BCUT2D eigenvalue weighted by atomic mass is 35.5. The van der Waals surface area contributed by atoms with Crippen LogP contribution < -0.4 is 9.47 Å². The second-order valence-corrected chi connectivity index (χ2v) is 3.17. The van der Waals surface area contributed by atoms with Crippen LogP contribution in [-0.4, -0.2) is 20.0 Å². The molecular formula is C11H11ClO3. The summed E-state index contributed by atoms with van der Waals surface area (Å²) >= 11 is 5.92. The summed E-state index contributed by atoms with van der Waals surface area (Å²) in [4.78, 5) is 11.4. The van der Waals surface area contributed by atoms with E-state index in [1.54, 1.807) is 6.07 Å². The van der Waals surface area contributed by atoms with Crippen LogP contribution in [0.3, 0.4) is 0 Å². The SMILES string of the molecule is C=CC(=O)c1cc(Cl)c(OC)c(OC)c1. The fraction of sp³-hybridized carbons (Fsp3) is 0.182. The highest BCUT2D eigenvalue weighted by Crippen LogP contribution is 2.36. The van der Waals surface area contributed by atoms with Gasteiger partial charge in [-0.1, -0.05) is 18.2 Å². The Kier molecular flexibility index (Phi) is 3.74. The molecule has 0 amide bonds. The van der Waals surface area contributed by atoms with Crippen LogP contribution in [0.25, 0.3) is 0 Å². The van der Waals surface area contributed by atoms with Gasteiger partial charge in [-0.05, 0) is 18.2 Å². The van der Waals surface area contributed by atoms with Crippen LogP contribution >= 0.6 is 11.6 Å². The lowest BCUT2D eigenvalue weighted by Gasteiger charge is -2.10. The van der Waals surface area contributed by atoms with Gasteiger partial charge in [0.25, 0.3) is 0 Å². The first-order chi connectivity index (χ1) is 7.13. The van der Waals surface area contributed by atoms with Crippen molar-refractivity contribution >= 4 is 17.4 Å². The molecule has 0 bridgehead atoms. The molecule has 3 nitrogen and oxygen atoms in total. The molecule has 0 saturated carbocycles. The van der Waals surface area contributed by atoms with Crippen LogP contribution in [0.4, 0.5) is 0 Å². The lowest BCUT2D eigenvalue weighted by molar-refractivity contribution is 0.104. The van der Waals surface area contributed by atoms with E-state index in [1.165, 1.54) is 26.4 Å². The molecule has 0 atom stereocenters. The van der Waals surface area contributed by atoms with E-state index in [1.807, 2.05) is 0 Å². The normalized spacial score (nSPS) is 9.53. The highest BCUT2D eigenvalue weighted by Gasteiger charge is 2.13. The van der Waals surface area contributed by atoms with Crippen LogP contribution in [0.15, 0.2) is 24.8 Å². The lowest BCUT2D eigenvalue weighted by Crippen LogP contribution is -1.98.